The first-order valence-corrected chi connectivity index (χ1v) is 11.3. The average molecular weight is 447 g/mol. The summed E-state index contributed by atoms with van der Waals surface area (Å²) in [5, 5.41) is 9.33. The van der Waals surface area contributed by atoms with Gasteiger partial charge in [0.05, 0.1) is 24.8 Å². The lowest BCUT2D eigenvalue weighted by Gasteiger charge is -2.22. The Bertz CT molecular complexity index is 1250. The number of amides is 1. The minimum atomic E-state index is 0.0483. The molecule has 1 aliphatic heterocycles. The van der Waals surface area contributed by atoms with Gasteiger partial charge in [0, 0.05) is 17.8 Å². The quantitative estimate of drug-likeness (QED) is 0.403. The molecule has 1 atom stereocenters. The van der Waals surface area contributed by atoms with E-state index in [0.29, 0.717) is 16.7 Å². The first-order valence-electron chi connectivity index (χ1n) is 10.3. The second-order valence-electron chi connectivity index (χ2n) is 7.55. The van der Waals surface area contributed by atoms with Gasteiger partial charge in [-0.3, -0.25) is 9.36 Å². The fourth-order valence-electron chi connectivity index (χ4n) is 4.05. The predicted octanol–water partition coefficient (Wildman–Crippen LogP) is 4.61. The summed E-state index contributed by atoms with van der Waals surface area (Å²) >= 11 is 1.36. The van der Waals surface area contributed by atoms with Crippen LogP contribution in [0.1, 0.15) is 12.5 Å². The van der Waals surface area contributed by atoms with Crippen molar-refractivity contribution in [3.63, 3.8) is 0 Å². The predicted molar refractivity (Wildman–Crippen MR) is 123 cm³/mol. The third-order valence-corrected chi connectivity index (χ3v) is 6.40. The zero-order valence-corrected chi connectivity index (χ0v) is 18.6. The van der Waals surface area contributed by atoms with E-state index in [1.165, 1.54) is 17.3 Å². The van der Waals surface area contributed by atoms with Gasteiger partial charge in [0.25, 0.3) is 0 Å². The fourth-order valence-corrected chi connectivity index (χ4v) is 4.86. The van der Waals surface area contributed by atoms with Crippen LogP contribution < -0.4 is 9.64 Å². The molecule has 2 aromatic carbocycles. The summed E-state index contributed by atoms with van der Waals surface area (Å²) in [4.78, 5) is 15.1. The second-order valence-corrected chi connectivity index (χ2v) is 8.50. The number of methoxy groups -OCH3 is 1. The number of furan rings is 1. The monoisotopic (exact) mass is 446 g/mol. The molecule has 0 fully saturated rings. The van der Waals surface area contributed by atoms with Crippen LogP contribution in [-0.4, -0.2) is 39.6 Å². The van der Waals surface area contributed by atoms with Gasteiger partial charge in [0.15, 0.2) is 10.9 Å². The molecule has 4 aromatic rings. The summed E-state index contributed by atoms with van der Waals surface area (Å²) in [6, 6.07) is 19.5. The van der Waals surface area contributed by atoms with E-state index < -0.39 is 0 Å². The SMILES string of the molecule is COc1cccc(-n2c(SCC(=O)N3c4ccccc4C[C@H]3C)nnc2-c2ccco2)c1. The third-order valence-electron chi connectivity index (χ3n) is 5.49. The van der Waals surface area contributed by atoms with Crippen LogP contribution in [0.15, 0.2) is 76.5 Å². The second kappa shape index (κ2) is 8.55. The van der Waals surface area contributed by atoms with Gasteiger partial charge in [-0.2, -0.15) is 0 Å². The van der Waals surface area contributed by atoms with Crippen molar-refractivity contribution >= 4 is 23.4 Å². The van der Waals surface area contributed by atoms with Crippen LogP contribution in [0.25, 0.3) is 17.3 Å². The van der Waals surface area contributed by atoms with Gasteiger partial charge < -0.3 is 14.1 Å². The molecule has 5 rings (SSSR count). The number of benzene rings is 2. The molecule has 1 aliphatic rings. The molecule has 7 nitrogen and oxygen atoms in total. The molecule has 0 saturated carbocycles. The standard InChI is InChI=1S/C24H22N4O3S/c1-16-13-17-7-3-4-10-20(17)27(16)22(29)15-32-24-26-25-23(21-11-6-12-31-21)28(24)18-8-5-9-19(14-18)30-2/h3-12,14,16H,13,15H2,1-2H3/t16-/m1/s1. The zero-order chi connectivity index (χ0) is 22.1. The van der Waals surface area contributed by atoms with Gasteiger partial charge in [-0.25, -0.2) is 0 Å². The molecule has 8 heteroatoms. The Hall–Kier alpha value is -3.52. The normalized spacial score (nSPS) is 15.1. The number of para-hydroxylation sites is 1. The maximum atomic E-state index is 13.2. The molecule has 2 aromatic heterocycles. The Kier molecular flexibility index (Phi) is 5.45. The molecule has 3 heterocycles. The van der Waals surface area contributed by atoms with Crippen LogP contribution in [0.5, 0.6) is 5.75 Å². The Morgan fingerprint density at radius 2 is 2.03 bits per heavy atom. The van der Waals surface area contributed by atoms with Crippen LogP contribution >= 0.6 is 11.8 Å². The molecule has 0 aliphatic carbocycles. The highest BCUT2D eigenvalue weighted by Gasteiger charge is 2.31. The molecule has 162 valence electrons. The van der Waals surface area contributed by atoms with Crippen molar-refractivity contribution in [2.24, 2.45) is 0 Å². The van der Waals surface area contributed by atoms with Crippen LogP contribution in [0.4, 0.5) is 5.69 Å². The molecule has 0 N–H and O–H groups in total. The minimum Gasteiger partial charge on any atom is -0.497 e. The van der Waals surface area contributed by atoms with Gasteiger partial charge in [-0.1, -0.05) is 36.0 Å². The smallest absolute Gasteiger partial charge is 0.237 e. The Labute approximate surface area is 190 Å². The van der Waals surface area contributed by atoms with Gasteiger partial charge >= 0.3 is 0 Å². The maximum absolute atomic E-state index is 13.2. The van der Waals surface area contributed by atoms with Crippen molar-refractivity contribution in [1.82, 2.24) is 14.8 Å². The van der Waals surface area contributed by atoms with Crippen molar-refractivity contribution in [2.45, 2.75) is 24.5 Å². The number of carbonyl (C=O) groups is 1. The van der Waals surface area contributed by atoms with Crippen LogP contribution in [0.2, 0.25) is 0 Å². The Morgan fingerprint density at radius 1 is 1.16 bits per heavy atom. The van der Waals surface area contributed by atoms with E-state index in [-0.39, 0.29) is 17.7 Å². The molecule has 0 spiro atoms. The summed E-state index contributed by atoms with van der Waals surface area (Å²) in [6.07, 6.45) is 2.47. The van der Waals surface area contributed by atoms with Crippen molar-refractivity contribution in [1.29, 1.82) is 0 Å². The van der Waals surface area contributed by atoms with Gasteiger partial charge in [0.2, 0.25) is 11.7 Å². The molecule has 0 bridgehead atoms. The molecular formula is C24H22N4O3S. The van der Waals surface area contributed by atoms with E-state index in [9.17, 15) is 4.79 Å². The third kappa shape index (κ3) is 3.67. The number of hydrogen-bond acceptors (Lipinski definition) is 6. The van der Waals surface area contributed by atoms with Crippen molar-refractivity contribution < 1.29 is 13.9 Å². The maximum Gasteiger partial charge on any atom is 0.237 e. The molecule has 32 heavy (non-hydrogen) atoms. The summed E-state index contributed by atoms with van der Waals surface area (Å²) in [6.45, 7) is 2.08. The number of fused-ring (bicyclic) bond motifs is 1. The van der Waals surface area contributed by atoms with Gasteiger partial charge in [-0.05, 0) is 49.2 Å². The van der Waals surface area contributed by atoms with E-state index in [0.717, 1.165) is 23.5 Å². The number of ether oxygens (including phenoxy) is 1. The number of carbonyl (C=O) groups excluding carboxylic acids is 1. The number of hydrogen-bond donors (Lipinski definition) is 0. The largest absolute Gasteiger partial charge is 0.497 e. The minimum absolute atomic E-state index is 0.0483. The highest BCUT2D eigenvalue weighted by molar-refractivity contribution is 7.99. The molecular weight excluding hydrogens is 424 g/mol. The average Bonchev–Trinajstić information content (AvgIpc) is 3.55. The van der Waals surface area contributed by atoms with E-state index in [1.54, 1.807) is 13.4 Å². The summed E-state index contributed by atoms with van der Waals surface area (Å²) in [5.41, 5.74) is 3.03. The number of aromatic nitrogens is 3. The summed E-state index contributed by atoms with van der Waals surface area (Å²) < 4.78 is 12.9. The van der Waals surface area contributed by atoms with E-state index >= 15 is 0 Å². The lowest BCUT2D eigenvalue weighted by atomic mass is 10.1. The lowest BCUT2D eigenvalue weighted by Crippen LogP contribution is -2.37. The number of nitrogens with zero attached hydrogens (tertiary/aromatic N) is 4. The molecule has 0 saturated heterocycles. The highest BCUT2D eigenvalue weighted by Crippen LogP contribution is 2.34. The molecule has 1 amide bonds. The van der Waals surface area contributed by atoms with Crippen molar-refractivity contribution in [2.75, 3.05) is 17.8 Å². The lowest BCUT2D eigenvalue weighted by molar-refractivity contribution is -0.116. The molecule has 0 radical (unpaired) electrons. The highest BCUT2D eigenvalue weighted by atomic mass is 32.2. The van der Waals surface area contributed by atoms with Crippen LogP contribution in [0.3, 0.4) is 0 Å². The zero-order valence-electron chi connectivity index (χ0n) is 17.8. The number of anilines is 1. The fraction of sp³-hybridized carbons (Fsp3) is 0.208. The Balaban J connectivity index is 1.45. The van der Waals surface area contributed by atoms with E-state index in [1.807, 2.05) is 64.1 Å². The first kappa shape index (κ1) is 20.4. The number of thioether (sulfide) groups is 1. The van der Waals surface area contributed by atoms with Gasteiger partial charge in [-0.15, -0.1) is 10.2 Å². The van der Waals surface area contributed by atoms with E-state index in [4.69, 9.17) is 9.15 Å². The van der Waals surface area contributed by atoms with Crippen molar-refractivity contribution in [3.05, 3.63) is 72.5 Å². The summed E-state index contributed by atoms with van der Waals surface area (Å²) in [5.74, 6) is 2.18. The van der Waals surface area contributed by atoms with Crippen LogP contribution in [-0.2, 0) is 11.2 Å². The molecule has 0 unspecified atom stereocenters. The van der Waals surface area contributed by atoms with Crippen molar-refractivity contribution in [3.8, 4) is 23.0 Å². The van der Waals surface area contributed by atoms with Crippen LogP contribution in [0, 0.1) is 0 Å². The summed E-state index contributed by atoms with van der Waals surface area (Å²) in [7, 11) is 1.63. The van der Waals surface area contributed by atoms with E-state index in [2.05, 4.69) is 23.2 Å². The van der Waals surface area contributed by atoms with Gasteiger partial charge in [0.1, 0.15) is 5.75 Å². The Morgan fingerprint density at radius 3 is 2.84 bits per heavy atom. The topological polar surface area (TPSA) is 73.4 Å². The number of rotatable bonds is 6. The first-order chi connectivity index (χ1) is 15.7.